The Kier molecular flexibility index (Phi) is 6.55. The first kappa shape index (κ1) is 16.3. The predicted molar refractivity (Wildman–Crippen MR) is 89.4 cm³/mol. The van der Waals surface area contributed by atoms with Crippen molar-refractivity contribution in [3.63, 3.8) is 0 Å². The highest BCUT2D eigenvalue weighted by Gasteiger charge is 2.09. The van der Waals surface area contributed by atoms with Gasteiger partial charge in [-0.15, -0.1) is 11.8 Å². The Morgan fingerprint density at radius 3 is 2.71 bits per heavy atom. The van der Waals surface area contributed by atoms with Crippen molar-refractivity contribution in [2.45, 2.75) is 30.5 Å². The van der Waals surface area contributed by atoms with Crippen molar-refractivity contribution < 1.29 is 4.39 Å². The Morgan fingerprint density at radius 1 is 1.14 bits per heavy atom. The standard InChI is InChI=1S/C17H19ClFNS/c1-2-10-20-11-14-16(19)8-5-9-17(14)21-12-13-6-3-4-7-15(13)18/h3-9,20H,2,10-12H2,1H3. The van der Waals surface area contributed by atoms with Crippen molar-refractivity contribution in [1.29, 1.82) is 0 Å². The third-order valence-corrected chi connectivity index (χ3v) is 4.66. The van der Waals surface area contributed by atoms with Crippen LogP contribution in [0.1, 0.15) is 24.5 Å². The van der Waals surface area contributed by atoms with Crippen molar-refractivity contribution in [3.8, 4) is 0 Å². The minimum Gasteiger partial charge on any atom is -0.313 e. The molecule has 0 aromatic heterocycles. The molecule has 2 aromatic rings. The fourth-order valence-electron chi connectivity index (χ4n) is 2.01. The molecule has 1 nitrogen and oxygen atoms in total. The lowest BCUT2D eigenvalue weighted by atomic mass is 10.2. The summed E-state index contributed by atoms with van der Waals surface area (Å²) in [5, 5.41) is 4.02. The van der Waals surface area contributed by atoms with Crippen LogP contribution in [0.2, 0.25) is 5.02 Å². The molecular weight excluding hydrogens is 305 g/mol. The topological polar surface area (TPSA) is 12.0 Å². The average Bonchev–Trinajstić information content (AvgIpc) is 2.49. The highest BCUT2D eigenvalue weighted by Crippen LogP contribution is 2.30. The molecule has 0 spiro atoms. The van der Waals surface area contributed by atoms with Gasteiger partial charge in [0.1, 0.15) is 5.82 Å². The number of hydrogen-bond donors (Lipinski definition) is 1. The first-order chi connectivity index (χ1) is 10.2. The quantitative estimate of drug-likeness (QED) is 0.550. The Hall–Kier alpha value is -1.03. The van der Waals surface area contributed by atoms with Gasteiger partial charge in [-0.3, -0.25) is 0 Å². The molecule has 0 heterocycles. The summed E-state index contributed by atoms with van der Waals surface area (Å²) in [7, 11) is 0. The lowest BCUT2D eigenvalue weighted by molar-refractivity contribution is 0.578. The zero-order chi connectivity index (χ0) is 15.1. The van der Waals surface area contributed by atoms with Crippen LogP contribution in [0.4, 0.5) is 4.39 Å². The zero-order valence-corrected chi connectivity index (χ0v) is 13.6. The molecular formula is C17H19ClFNS. The second-order valence-electron chi connectivity index (χ2n) is 4.77. The molecule has 2 rings (SSSR count). The average molecular weight is 324 g/mol. The van der Waals surface area contributed by atoms with E-state index in [4.69, 9.17) is 11.6 Å². The van der Waals surface area contributed by atoms with Crippen LogP contribution >= 0.6 is 23.4 Å². The van der Waals surface area contributed by atoms with E-state index in [1.54, 1.807) is 17.8 Å². The van der Waals surface area contributed by atoms with Crippen LogP contribution in [0.15, 0.2) is 47.4 Å². The van der Waals surface area contributed by atoms with Crippen molar-refractivity contribution in [1.82, 2.24) is 5.32 Å². The van der Waals surface area contributed by atoms with Gasteiger partial charge in [0.05, 0.1) is 0 Å². The van der Waals surface area contributed by atoms with E-state index in [2.05, 4.69) is 12.2 Å². The highest BCUT2D eigenvalue weighted by atomic mass is 35.5. The minimum absolute atomic E-state index is 0.150. The summed E-state index contributed by atoms with van der Waals surface area (Å²) in [5.41, 5.74) is 1.81. The van der Waals surface area contributed by atoms with Crippen molar-refractivity contribution in [3.05, 3.63) is 64.4 Å². The Bertz CT molecular complexity index is 589. The van der Waals surface area contributed by atoms with Crippen LogP contribution in [0, 0.1) is 5.82 Å². The fourth-order valence-corrected chi connectivity index (χ4v) is 3.37. The van der Waals surface area contributed by atoms with Crippen LogP contribution < -0.4 is 5.32 Å². The van der Waals surface area contributed by atoms with Crippen molar-refractivity contribution in [2.24, 2.45) is 0 Å². The summed E-state index contributed by atoms with van der Waals surface area (Å²) >= 11 is 7.79. The van der Waals surface area contributed by atoms with Gasteiger partial charge in [0.15, 0.2) is 0 Å². The normalized spacial score (nSPS) is 10.8. The van der Waals surface area contributed by atoms with Gasteiger partial charge in [-0.2, -0.15) is 0 Å². The van der Waals surface area contributed by atoms with Crippen LogP contribution in [0.25, 0.3) is 0 Å². The number of thioether (sulfide) groups is 1. The van der Waals surface area contributed by atoms with E-state index in [1.165, 1.54) is 6.07 Å². The predicted octanol–water partition coefficient (Wildman–Crippen LogP) is 5.27. The second-order valence-corrected chi connectivity index (χ2v) is 6.20. The van der Waals surface area contributed by atoms with E-state index in [0.29, 0.717) is 6.54 Å². The molecule has 4 heteroatoms. The molecule has 1 N–H and O–H groups in total. The van der Waals surface area contributed by atoms with E-state index < -0.39 is 0 Å². The van der Waals surface area contributed by atoms with Crippen LogP contribution in [-0.4, -0.2) is 6.54 Å². The molecule has 112 valence electrons. The SMILES string of the molecule is CCCNCc1c(F)cccc1SCc1ccccc1Cl. The monoisotopic (exact) mass is 323 g/mol. The molecule has 0 aliphatic rings. The number of benzene rings is 2. The van der Waals surface area contributed by atoms with Crippen LogP contribution in [0.3, 0.4) is 0 Å². The first-order valence-corrected chi connectivity index (χ1v) is 8.43. The summed E-state index contributed by atoms with van der Waals surface area (Å²) in [4.78, 5) is 0.971. The van der Waals surface area contributed by atoms with Gasteiger partial charge in [-0.25, -0.2) is 4.39 Å². The highest BCUT2D eigenvalue weighted by molar-refractivity contribution is 7.98. The number of hydrogen-bond acceptors (Lipinski definition) is 2. The molecule has 0 bridgehead atoms. The smallest absolute Gasteiger partial charge is 0.128 e. The molecule has 0 aliphatic heterocycles. The lowest BCUT2D eigenvalue weighted by Crippen LogP contribution is -2.15. The Labute approximate surface area is 134 Å². The van der Waals surface area contributed by atoms with Gasteiger partial charge >= 0.3 is 0 Å². The number of nitrogens with one attached hydrogen (secondary N) is 1. The summed E-state index contributed by atoms with van der Waals surface area (Å²) in [6, 6.07) is 13.0. The van der Waals surface area contributed by atoms with E-state index in [0.717, 1.165) is 39.8 Å². The summed E-state index contributed by atoms with van der Waals surface area (Å²) < 4.78 is 14.0. The van der Waals surface area contributed by atoms with Crippen LogP contribution in [0.5, 0.6) is 0 Å². The molecule has 0 saturated heterocycles. The van der Waals surface area contributed by atoms with E-state index >= 15 is 0 Å². The summed E-state index contributed by atoms with van der Waals surface area (Å²) in [5.74, 6) is 0.590. The first-order valence-electron chi connectivity index (χ1n) is 7.06. The van der Waals surface area contributed by atoms with Gasteiger partial charge in [0, 0.05) is 27.8 Å². The maximum Gasteiger partial charge on any atom is 0.128 e. The van der Waals surface area contributed by atoms with Crippen molar-refractivity contribution >= 4 is 23.4 Å². The molecule has 0 saturated carbocycles. The number of halogens is 2. The molecule has 21 heavy (non-hydrogen) atoms. The molecule has 0 aliphatic carbocycles. The van der Waals surface area contributed by atoms with Gasteiger partial charge in [-0.05, 0) is 36.7 Å². The maximum absolute atomic E-state index is 14.0. The molecule has 0 amide bonds. The van der Waals surface area contributed by atoms with Crippen molar-refractivity contribution in [2.75, 3.05) is 6.54 Å². The molecule has 0 fully saturated rings. The Balaban J connectivity index is 2.09. The number of rotatable bonds is 7. The molecule has 2 aromatic carbocycles. The second kappa shape index (κ2) is 8.42. The zero-order valence-electron chi connectivity index (χ0n) is 12.0. The minimum atomic E-state index is -0.150. The van der Waals surface area contributed by atoms with Gasteiger partial charge in [-0.1, -0.05) is 42.8 Å². The van der Waals surface area contributed by atoms with E-state index in [-0.39, 0.29) is 5.82 Å². The maximum atomic E-state index is 14.0. The molecule has 0 radical (unpaired) electrons. The van der Waals surface area contributed by atoms with Gasteiger partial charge in [0.2, 0.25) is 0 Å². The van der Waals surface area contributed by atoms with Gasteiger partial charge < -0.3 is 5.32 Å². The Morgan fingerprint density at radius 2 is 1.95 bits per heavy atom. The molecule has 0 atom stereocenters. The largest absolute Gasteiger partial charge is 0.313 e. The third-order valence-electron chi connectivity index (χ3n) is 3.15. The summed E-state index contributed by atoms with van der Waals surface area (Å²) in [6.45, 7) is 3.55. The fraction of sp³-hybridized carbons (Fsp3) is 0.294. The van der Waals surface area contributed by atoms with Gasteiger partial charge in [0.25, 0.3) is 0 Å². The molecule has 0 unspecified atom stereocenters. The third kappa shape index (κ3) is 4.73. The lowest BCUT2D eigenvalue weighted by Gasteiger charge is -2.11. The van der Waals surface area contributed by atoms with E-state index in [1.807, 2.05) is 30.3 Å². The summed E-state index contributed by atoms with van der Waals surface area (Å²) in [6.07, 6.45) is 1.04. The van der Waals surface area contributed by atoms with E-state index in [9.17, 15) is 4.39 Å². The van der Waals surface area contributed by atoms with Crippen LogP contribution in [-0.2, 0) is 12.3 Å².